The summed E-state index contributed by atoms with van der Waals surface area (Å²) in [6.45, 7) is 2.09. The van der Waals surface area contributed by atoms with Crippen molar-refractivity contribution < 1.29 is 0 Å². The van der Waals surface area contributed by atoms with E-state index in [2.05, 4.69) is 50.4 Å². The Kier molecular flexibility index (Phi) is 3.34. The number of benzene rings is 1. The SMILES string of the molecule is Cc1ccc(CS)c(CS)c1. The lowest BCUT2D eigenvalue weighted by Gasteiger charge is -2.04. The van der Waals surface area contributed by atoms with Gasteiger partial charge in [0.15, 0.2) is 0 Å². The molecule has 0 atom stereocenters. The fourth-order valence-electron chi connectivity index (χ4n) is 1.06. The summed E-state index contributed by atoms with van der Waals surface area (Å²) >= 11 is 8.48. The fraction of sp³-hybridized carbons (Fsp3) is 0.333. The third-order valence-electron chi connectivity index (χ3n) is 1.70. The molecule has 0 radical (unpaired) electrons. The minimum absolute atomic E-state index is 0.802. The number of rotatable bonds is 2. The normalized spacial score (nSPS) is 10.1. The zero-order valence-electron chi connectivity index (χ0n) is 6.54. The lowest BCUT2D eigenvalue weighted by atomic mass is 10.1. The standard InChI is InChI=1S/C9H12S2/c1-7-2-3-8(5-10)9(4-7)6-11/h2-4,10-11H,5-6H2,1H3. The summed E-state index contributed by atoms with van der Waals surface area (Å²) in [5.41, 5.74) is 3.87. The predicted molar refractivity (Wildman–Crippen MR) is 56.6 cm³/mol. The van der Waals surface area contributed by atoms with Crippen molar-refractivity contribution >= 4 is 25.3 Å². The van der Waals surface area contributed by atoms with Crippen LogP contribution in [0.1, 0.15) is 16.7 Å². The quantitative estimate of drug-likeness (QED) is 0.649. The number of thiol groups is 2. The maximum Gasteiger partial charge on any atom is 0.0157 e. The number of aryl methyl sites for hydroxylation is 1. The molecular weight excluding hydrogens is 172 g/mol. The molecule has 1 rings (SSSR count). The molecule has 0 spiro atoms. The van der Waals surface area contributed by atoms with E-state index in [1.807, 2.05) is 0 Å². The zero-order valence-corrected chi connectivity index (χ0v) is 8.33. The van der Waals surface area contributed by atoms with Gasteiger partial charge in [-0.2, -0.15) is 25.3 Å². The molecule has 0 saturated carbocycles. The molecule has 60 valence electrons. The summed E-state index contributed by atoms with van der Waals surface area (Å²) in [4.78, 5) is 0. The van der Waals surface area contributed by atoms with Crippen LogP contribution in [0, 0.1) is 6.92 Å². The van der Waals surface area contributed by atoms with E-state index in [1.165, 1.54) is 16.7 Å². The van der Waals surface area contributed by atoms with Gasteiger partial charge in [0, 0.05) is 11.5 Å². The lowest BCUT2D eigenvalue weighted by molar-refractivity contribution is 1.26. The minimum Gasteiger partial charge on any atom is -0.175 e. The molecule has 0 aliphatic rings. The van der Waals surface area contributed by atoms with Crippen molar-refractivity contribution in [2.24, 2.45) is 0 Å². The summed E-state index contributed by atoms with van der Waals surface area (Å²) in [7, 11) is 0. The van der Waals surface area contributed by atoms with Crippen LogP contribution >= 0.6 is 25.3 Å². The predicted octanol–water partition coefficient (Wildman–Crippen LogP) is 2.85. The van der Waals surface area contributed by atoms with Crippen LogP contribution in [-0.4, -0.2) is 0 Å². The molecule has 0 fully saturated rings. The van der Waals surface area contributed by atoms with E-state index in [4.69, 9.17) is 0 Å². The van der Waals surface area contributed by atoms with Crippen LogP contribution in [0.5, 0.6) is 0 Å². The Bertz CT molecular complexity index is 243. The Morgan fingerprint density at radius 1 is 1.09 bits per heavy atom. The van der Waals surface area contributed by atoms with Crippen molar-refractivity contribution in [1.29, 1.82) is 0 Å². The van der Waals surface area contributed by atoms with E-state index in [0.717, 1.165) is 11.5 Å². The molecule has 0 aliphatic carbocycles. The minimum atomic E-state index is 0.802. The fourth-order valence-corrected chi connectivity index (χ4v) is 1.66. The molecule has 0 N–H and O–H groups in total. The molecule has 0 bridgehead atoms. The highest BCUT2D eigenvalue weighted by Crippen LogP contribution is 2.15. The molecular formula is C9H12S2. The van der Waals surface area contributed by atoms with E-state index in [-0.39, 0.29) is 0 Å². The second kappa shape index (κ2) is 4.07. The van der Waals surface area contributed by atoms with Gasteiger partial charge >= 0.3 is 0 Å². The van der Waals surface area contributed by atoms with Gasteiger partial charge in [-0.1, -0.05) is 23.8 Å². The van der Waals surface area contributed by atoms with Crippen LogP contribution in [0.4, 0.5) is 0 Å². The highest BCUT2D eigenvalue weighted by Gasteiger charge is 1.97. The molecule has 1 aromatic rings. The van der Waals surface area contributed by atoms with Crippen LogP contribution in [0.25, 0.3) is 0 Å². The maximum atomic E-state index is 4.25. The summed E-state index contributed by atoms with van der Waals surface area (Å²) in [5, 5.41) is 0. The van der Waals surface area contributed by atoms with Gasteiger partial charge in [0.1, 0.15) is 0 Å². The van der Waals surface area contributed by atoms with Crippen LogP contribution < -0.4 is 0 Å². The van der Waals surface area contributed by atoms with Crippen molar-refractivity contribution in [3.8, 4) is 0 Å². The van der Waals surface area contributed by atoms with E-state index in [1.54, 1.807) is 0 Å². The largest absolute Gasteiger partial charge is 0.175 e. The van der Waals surface area contributed by atoms with E-state index >= 15 is 0 Å². The van der Waals surface area contributed by atoms with Crippen LogP contribution in [0.3, 0.4) is 0 Å². The molecule has 1 aromatic carbocycles. The Morgan fingerprint density at radius 3 is 2.27 bits per heavy atom. The van der Waals surface area contributed by atoms with Gasteiger partial charge in [-0.25, -0.2) is 0 Å². The molecule has 0 unspecified atom stereocenters. The number of hydrogen-bond acceptors (Lipinski definition) is 2. The average Bonchev–Trinajstić information content (AvgIpc) is 2.04. The van der Waals surface area contributed by atoms with Crippen molar-refractivity contribution in [2.75, 3.05) is 0 Å². The molecule has 0 saturated heterocycles. The first-order valence-electron chi connectivity index (χ1n) is 3.58. The van der Waals surface area contributed by atoms with Gasteiger partial charge in [0.2, 0.25) is 0 Å². The first-order valence-corrected chi connectivity index (χ1v) is 4.84. The van der Waals surface area contributed by atoms with Gasteiger partial charge in [-0.3, -0.25) is 0 Å². The van der Waals surface area contributed by atoms with Crippen LogP contribution in [-0.2, 0) is 11.5 Å². The molecule has 0 aliphatic heterocycles. The highest BCUT2D eigenvalue weighted by molar-refractivity contribution is 7.79. The average molecular weight is 184 g/mol. The highest BCUT2D eigenvalue weighted by atomic mass is 32.1. The summed E-state index contributed by atoms with van der Waals surface area (Å²) < 4.78 is 0. The summed E-state index contributed by atoms with van der Waals surface area (Å²) in [6, 6.07) is 6.39. The second-order valence-electron chi connectivity index (χ2n) is 2.59. The Labute approximate surface area is 78.8 Å². The summed E-state index contributed by atoms with van der Waals surface area (Å²) in [5.74, 6) is 1.60. The van der Waals surface area contributed by atoms with Gasteiger partial charge < -0.3 is 0 Å². The van der Waals surface area contributed by atoms with Crippen LogP contribution in [0.2, 0.25) is 0 Å². The van der Waals surface area contributed by atoms with Gasteiger partial charge in [0.05, 0.1) is 0 Å². The van der Waals surface area contributed by atoms with E-state index < -0.39 is 0 Å². The first kappa shape index (κ1) is 9.01. The van der Waals surface area contributed by atoms with Crippen LogP contribution in [0.15, 0.2) is 18.2 Å². The topological polar surface area (TPSA) is 0 Å². The number of hydrogen-bond donors (Lipinski definition) is 2. The summed E-state index contributed by atoms with van der Waals surface area (Å²) in [6.07, 6.45) is 0. The van der Waals surface area contributed by atoms with E-state index in [9.17, 15) is 0 Å². The zero-order chi connectivity index (χ0) is 8.27. The van der Waals surface area contributed by atoms with Gasteiger partial charge in [0.25, 0.3) is 0 Å². The first-order chi connectivity index (χ1) is 5.27. The van der Waals surface area contributed by atoms with Crippen molar-refractivity contribution in [1.82, 2.24) is 0 Å². The third-order valence-corrected chi connectivity index (χ3v) is 2.38. The second-order valence-corrected chi connectivity index (χ2v) is 3.22. The molecule has 0 heterocycles. The molecule has 0 nitrogen and oxygen atoms in total. The Hall–Kier alpha value is -0.0800. The van der Waals surface area contributed by atoms with Crippen molar-refractivity contribution in [3.63, 3.8) is 0 Å². The lowest BCUT2D eigenvalue weighted by Crippen LogP contribution is -1.88. The van der Waals surface area contributed by atoms with Crippen molar-refractivity contribution in [3.05, 3.63) is 34.9 Å². The van der Waals surface area contributed by atoms with E-state index in [0.29, 0.717) is 0 Å². The third kappa shape index (κ3) is 2.17. The van der Waals surface area contributed by atoms with Gasteiger partial charge in [-0.15, -0.1) is 0 Å². The molecule has 11 heavy (non-hydrogen) atoms. The molecule has 0 amide bonds. The van der Waals surface area contributed by atoms with Gasteiger partial charge in [-0.05, 0) is 18.1 Å². The molecule has 2 heteroatoms. The Balaban J connectivity index is 3.06. The smallest absolute Gasteiger partial charge is 0.0157 e. The monoisotopic (exact) mass is 184 g/mol. The molecule has 0 aromatic heterocycles. The van der Waals surface area contributed by atoms with Crippen molar-refractivity contribution in [2.45, 2.75) is 18.4 Å². The Morgan fingerprint density at radius 2 is 1.73 bits per heavy atom. The maximum absolute atomic E-state index is 4.25.